The Hall–Kier alpha value is -2.08. The summed E-state index contributed by atoms with van der Waals surface area (Å²) in [5.74, 6) is 0.605. The van der Waals surface area contributed by atoms with Gasteiger partial charge in [-0.25, -0.2) is 0 Å². The fourth-order valence-corrected chi connectivity index (χ4v) is 1.20. The number of hydrogen-bond acceptors (Lipinski definition) is 5. The zero-order valence-electron chi connectivity index (χ0n) is 10.0. The van der Waals surface area contributed by atoms with Crippen LogP contribution >= 0.6 is 0 Å². The highest BCUT2D eigenvalue weighted by Crippen LogP contribution is 2.31. The minimum atomic E-state index is -0.632. The molecule has 1 atom stereocenters. The number of ether oxygens (including phenoxy) is 2. The van der Waals surface area contributed by atoms with E-state index in [1.807, 2.05) is 0 Å². The molecule has 0 fully saturated rings. The van der Waals surface area contributed by atoms with Gasteiger partial charge in [-0.15, -0.1) is 0 Å². The first kappa shape index (κ1) is 14.0. The molecule has 0 saturated carbocycles. The maximum absolute atomic E-state index is 10.7. The summed E-state index contributed by atoms with van der Waals surface area (Å²) < 4.78 is 10.6. The summed E-state index contributed by atoms with van der Waals surface area (Å²) in [5.41, 5.74) is -0.0848. The van der Waals surface area contributed by atoms with E-state index < -0.39 is 11.0 Å². The minimum Gasteiger partial charge on any atom is -0.487 e. The maximum atomic E-state index is 10.7. The second-order valence-electron chi connectivity index (χ2n) is 3.65. The van der Waals surface area contributed by atoms with E-state index in [1.54, 1.807) is 6.92 Å². The van der Waals surface area contributed by atoms with Gasteiger partial charge in [0.25, 0.3) is 5.69 Å². The van der Waals surface area contributed by atoms with Crippen LogP contribution in [0, 0.1) is 10.1 Å². The number of benzene rings is 1. The average molecular weight is 253 g/mol. The Labute approximate surface area is 105 Å². The van der Waals surface area contributed by atoms with Crippen LogP contribution in [0.2, 0.25) is 0 Å². The highest BCUT2D eigenvalue weighted by atomic mass is 16.6. The molecule has 1 unspecified atom stereocenters. The van der Waals surface area contributed by atoms with Gasteiger partial charge in [-0.3, -0.25) is 10.1 Å². The molecule has 1 rings (SSSR count). The van der Waals surface area contributed by atoms with Gasteiger partial charge < -0.3 is 14.6 Å². The van der Waals surface area contributed by atoms with Crippen molar-refractivity contribution in [1.82, 2.24) is 0 Å². The number of aliphatic hydroxyl groups excluding tert-OH is 1. The maximum Gasteiger partial charge on any atom is 0.273 e. The number of non-ortho nitro benzene ring substituents is 1. The Morgan fingerprint density at radius 1 is 1.50 bits per heavy atom. The fraction of sp³-hybridized carbons (Fsp3) is 0.333. The van der Waals surface area contributed by atoms with Crippen LogP contribution in [0.4, 0.5) is 5.69 Å². The molecule has 0 saturated heterocycles. The molecule has 0 spiro atoms. The Morgan fingerprint density at radius 2 is 2.22 bits per heavy atom. The average Bonchev–Trinajstić information content (AvgIpc) is 2.33. The van der Waals surface area contributed by atoms with Crippen molar-refractivity contribution in [2.45, 2.75) is 13.0 Å². The van der Waals surface area contributed by atoms with E-state index in [2.05, 4.69) is 6.58 Å². The highest BCUT2D eigenvalue weighted by molar-refractivity contribution is 5.48. The van der Waals surface area contributed by atoms with E-state index >= 15 is 0 Å². The van der Waals surface area contributed by atoms with E-state index in [-0.39, 0.29) is 24.7 Å². The lowest BCUT2D eigenvalue weighted by Crippen LogP contribution is -2.13. The molecule has 1 aromatic rings. The molecule has 0 aliphatic rings. The molecule has 0 aromatic heterocycles. The lowest BCUT2D eigenvalue weighted by atomic mass is 10.3. The number of nitrogens with zero attached hydrogens (tertiary/aromatic N) is 1. The number of aliphatic hydroxyl groups is 1. The van der Waals surface area contributed by atoms with Crippen molar-refractivity contribution in [2.75, 3.05) is 13.2 Å². The smallest absolute Gasteiger partial charge is 0.273 e. The van der Waals surface area contributed by atoms with Crippen molar-refractivity contribution in [3.8, 4) is 11.5 Å². The Kier molecular flexibility index (Phi) is 5.13. The van der Waals surface area contributed by atoms with Gasteiger partial charge in [0.2, 0.25) is 0 Å². The fourth-order valence-electron chi connectivity index (χ4n) is 1.20. The first-order valence-corrected chi connectivity index (χ1v) is 5.37. The summed E-state index contributed by atoms with van der Waals surface area (Å²) in [5, 5.41) is 19.8. The molecule has 0 aliphatic heterocycles. The van der Waals surface area contributed by atoms with Gasteiger partial charge in [-0.2, -0.15) is 0 Å². The van der Waals surface area contributed by atoms with Crippen LogP contribution in [0.1, 0.15) is 6.92 Å². The van der Waals surface area contributed by atoms with Crippen molar-refractivity contribution in [3.63, 3.8) is 0 Å². The number of hydrogen-bond donors (Lipinski definition) is 1. The molecule has 0 bridgehead atoms. The van der Waals surface area contributed by atoms with E-state index in [4.69, 9.17) is 14.6 Å². The molecule has 1 aromatic carbocycles. The number of nitro groups is 1. The van der Waals surface area contributed by atoms with Crippen LogP contribution in [0.25, 0.3) is 0 Å². The van der Waals surface area contributed by atoms with Gasteiger partial charge in [0.15, 0.2) is 11.5 Å². The first-order valence-electron chi connectivity index (χ1n) is 5.37. The van der Waals surface area contributed by atoms with Crippen molar-refractivity contribution >= 4 is 5.69 Å². The van der Waals surface area contributed by atoms with Gasteiger partial charge in [-0.1, -0.05) is 12.7 Å². The van der Waals surface area contributed by atoms with Crippen LogP contribution in [-0.4, -0.2) is 29.3 Å². The van der Waals surface area contributed by atoms with Crippen molar-refractivity contribution in [3.05, 3.63) is 41.0 Å². The molecule has 6 nitrogen and oxygen atoms in total. The summed E-state index contributed by atoms with van der Waals surface area (Å²) in [4.78, 5) is 10.1. The largest absolute Gasteiger partial charge is 0.487 e. The third-order valence-electron chi connectivity index (χ3n) is 1.97. The quantitative estimate of drug-likeness (QED) is 0.456. The molecule has 0 amide bonds. The Balaban J connectivity index is 2.92. The van der Waals surface area contributed by atoms with Gasteiger partial charge in [0.1, 0.15) is 13.2 Å². The van der Waals surface area contributed by atoms with E-state index in [1.165, 1.54) is 24.3 Å². The van der Waals surface area contributed by atoms with Crippen LogP contribution in [0.3, 0.4) is 0 Å². The lowest BCUT2D eigenvalue weighted by Gasteiger charge is -2.12. The van der Waals surface area contributed by atoms with Crippen molar-refractivity contribution < 1.29 is 19.5 Å². The van der Waals surface area contributed by atoms with Gasteiger partial charge in [0, 0.05) is 6.07 Å². The van der Waals surface area contributed by atoms with Crippen LogP contribution in [0.15, 0.2) is 30.9 Å². The molecule has 0 heterocycles. The summed E-state index contributed by atoms with van der Waals surface area (Å²) >= 11 is 0. The first-order chi connectivity index (χ1) is 8.54. The molecule has 6 heteroatoms. The third kappa shape index (κ3) is 4.06. The zero-order chi connectivity index (χ0) is 13.5. The van der Waals surface area contributed by atoms with Gasteiger partial charge in [-0.05, 0) is 13.0 Å². The minimum absolute atomic E-state index is 0.0848. The predicted molar refractivity (Wildman–Crippen MR) is 66.0 cm³/mol. The summed E-state index contributed by atoms with van der Waals surface area (Å²) in [7, 11) is 0. The predicted octanol–water partition coefficient (Wildman–Crippen LogP) is 1.92. The number of rotatable bonds is 7. The highest BCUT2D eigenvalue weighted by Gasteiger charge is 2.13. The molecule has 98 valence electrons. The molecular weight excluding hydrogens is 238 g/mol. The van der Waals surface area contributed by atoms with Gasteiger partial charge >= 0.3 is 0 Å². The SMILES string of the molecule is C=CCOc1cc([N+](=O)[O-])ccc1OCC(C)O. The number of nitro benzene ring substituents is 1. The summed E-state index contributed by atoms with van der Waals surface area (Å²) in [6.07, 6.45) is 0.893. The molecule has 18 heavy (non-hydrogen) atoms. The van der Waals surface area contributed by atoms with Crippen LogP contribution in [0.5, 0.6) is 11.5 Å². The molecule has 0 aliphatic carbocycles. The van der Waals surface area contributed by atoms with Crippen molar-refractivity contribution in [2.24, 2.45) is 0 Å². The Morgan fingerprint density at radius 3 is 2.78 bits per heavy atom. The Bertz CT molecular complexity index is 430. The topological polar surface area (TPSA) is 81.8 Å². The van der Waals surface area contributed by atoms with Crippen LogP contribution in [-0.2, 0) is 0 Å². The third-order valence-corrected chi connectivity index (χ3v) is 1.97. The molecule has 1 N–H and O–H groups in total. The second kappa shape index (κ2) is 6.61. The standard InChI is InChI=1S/C12H15NO5/c1-3-6-17-12-7-10(13(15)16)4-5-11(12)18-8-9(2)14/h3-5,7,9,14H,1,6,8H2,2H3. The van der Waals surface area contributed by atoms with E-state index in [9.17, 15) is 10.1 Å². The normalized spacial score (nSPS) is 11.7. The second-order valence-corrected chi connectivity index (χ2v) is 3.65. The monoisotopic (exact) mass is 253 g/mol. The molecule has 0 radical (unpaired) electrons. The van der Waals surface area contributed by atoms with Crippen LogP contribution < -0.4 is 9.47 Å². The molecular formula is C12H15NO5. The van der Waals surface area contributed by atoms with Gasteiger partial charge in [0.05, 0.1) is 17.1 Å². The van der Waals surface area contributed by atoms with E-state index in [0.717, 1.165) is 0 Å². The van der Waals surface area contributed by atoms with E-state index in [0.29, 0.717) is 5.75 Å². The summed E-state index contributed by atoms with van der Waals surface area (Å²) in [6.45, 7) is 5.38. The summed E-state index contributed by atoms with van der Waals surface area (Å²) in [6, 6.07) is 4.04. The lowest BCUT2D eigenvalue weighted by molar-refractivity contribution is -0.385. The van der Waals surface area contributed by atoms with Crippen molar-refractivity contribution in [1.29, 1.82) is 0 Å². The zero-order valence-corrected chi connectivity index (χ0v) is 10.0.